The van der Waals surface area contributed by atoms with Gasteiger partial charge in [0.25, 0.3) is 0 Å². The van der Waals surface area contributed by atoms with Gasteiger partial charge in [-0.2, -0.15) is 0 Å². The molecule has 0 amide bonds. The van der Waals surface area contributed by atoms with Gasteiger partial charge in [0.2, 0.25) is 5.66 Å². The standard InChI is InChI=1S/C25H16N4O.Rb/c30-21-10-4-1-7-18(21)25(28-19-8-2-3-9-20(19)29-25)22-14-13-17-12-11-16-6-5-15-26-23(16)24(17)27-22;/h1-15,30H;. The van der Waals surface area contributed by atoms with Crippen molar-refractivity contribution in [3.8, 4) is 5.75 Å². The van der Waals surface area contributed by atoms with Crippen molar-refractivity contribution in [1.29, 1.82) is 0 Å². The van der Waals surface area contributed by atoms with E-state index in [1.807, 2.05) is 72.8 Å². The first-order valence-corrected chi connectivity index (χ1v) is 9.73. The van der Waals surface area contributed by atoms with Crippen molar-refractivity contribution in [2.24, 2.45) is 9.98 Å². The Labute approximate surface area is 227 Å². The second kappa shape index (κ2) is 7.99. The third kappa shape index (κ3) is 3.27. The zero-order valence-electron chi connectivity index (χ0n) is 16.9. The van der Waals surface area contributed by atoms with Crippen molar-refractivity contribution in [1.82, 2.24) is 9.97 Å². The van der Waals surface area contributed by atoms with Crippen LogP contribution in [0, 0.1) is 0 Å². The molecule has 0 fully saturated rings. The molecule has 0 saturated heterocycles. The predicted molar refractivity (Wildman–Crippen MR) is 120 cm³/mol. The van der Waals surface area contributed by atoms with Gasteiger partial charge in [0.1, 0.15) is 5.75 Å². The van der Waals surface area contributed by atoms with Crippen molar-refractivity contribution in [3.63, 3.8) is 0 Å². The molecule has 3 heterocycles. The number of para-hydroxylation sites is 3. The summed E-state index contributed by atoms with van der Waals surface area (Å²) >= 11 is 0. The zero-order chi connectivity index (χ0) is 20.1. The average molecular weight is 474 g/mol. The van der Waals surface area contributed by atoms with E-state index in [0.717, 1.165) is 32.5 Å². The molecular weight excluding hydrogens is 458 g/mol. The number of fused-ring (bicyclic) bond motifs is 4. The van der Waals surface area contributed by atoms with E-state index in [-0.39, 0.29) is 63.9 Å². The number of phenolic OH excluding ortho intramolecular Hbond substituents is 1. The molecule has 5 aromatic rings. The van der Waals surface area contributed by atoms with Crippen molar-refractivity contribution in [2.75, 3.05) is 0 Å². The van der Waals surface area contributed by atoms with Crippen LogP contribution >= 0.6 is 0 Å². The van der Waals surface area contributed by atoms with Crippen molar-refractivity contribution in [3.05, 3.63) is 113 Å². The van der Waals surface area contributed by atoms with Crippen LogP contribution in [0.3, 0.4) is 0 Å². The molecule has 2 aromatic heterocycles. The number of phenols is 1. The molecule has 1 aliphatic rings. The van der Waals surface area contributed by atoms with Gasteiger partial charge in [0.15, 0.2) is 0 Å². The maximum absolute atomic E-state index is 10.7. The second-order valence-electron chi connectivity index (χ2n) is 7.31. The third-order valence-electron chi connectivity index (χ3n) is 5.52. The fourth-order valence-electron chi connectivity index (χ4n) is 4.09. The summed E-state index contributed by atoms with van der Waals surface area (Å²) in [5.41, 5.74) is 1.72. The molecule has 3 aromatic carbocycles. The molecule has 0 aliphatic carbocycles. The maximum Gasteiger partial charge on any atom is 0.222 e. The minimum Gasteiger partial charge on any atom is -0.507 e. The number of hydrogen-bond acceptors (Lipinski definition) is 5. The number of benzene rings is 3. The zero-order valence-corrected chi connectivity index (χ0v) is 21.8. The number of aromatic hydroxyl groups is 1. The quantitative estimate of drug-likeness (QED) is 0.400. The molecule has 1 N–H and O–H groups in total. The van der Waals surface area contributed by atoms with Gasteiger partial charge >= 0.3 is 0 Å². The Morgan fingerprint density at radius 2 is 1.29 bits per heavy atom. The first-order chi connectivity index (χ1) is 14.7. The third-order valence-corrected chi connectivity index (χ3v) is 5.52. The van der Waals surface area contributed by atoms with Crippen LogP contribution in [-0.2, 0) is 5.66 Å². The SMILES string of the molecule is Oc1ccccc1C1(c2ccc3ccc4cccnc4c3n2)N=c2ccccc2=N1.[Rb]. The summed E-state index contributed by atoms with van der Waals surface area (Å²) in [5.74, 6) is 0.135. The van der Waals surface area contributed by atoms with Gasteiger partial charge in [0, 0.05) is 80.7 Å². The first-order valence-electron chi connectivity index (χ1n) is 9.73. The Hall–Kier alpha value is -2.31. The van der Waals surface area contributed by atoms with Gasteiger partial charge < -0.3 is 5.11 Å². The number of pyridine rings is 2. The van der Waals surface area contributed by atoms with Gasteiger partial charge in [-0.25, -0.2) is 15.0 Å². The van der Waals surface area contributed by atoms with E-state index in [4.69, 9.17) is 15.0 Å². The van der Waals surface area contributed by atoms with Crippen molar-refractivity contribution < 1.29 is 5.11 Å². The molecular formula is C25H16N4ORb. The van der Waals surface area contributed by atoms with Crippen LogP contribution < -0.4 is 10.7 Å². The molecule has 0 atom stereocenters. The Morgan fingerprint density at radius 1 is 0.645 bits per heavy atom. The van der Waals surface area contributed by atoms with E-state index in [1.165, 1.54) is 0 Å². The number of hydrogen-bond donors (Lipinski definition) is 1. The summed E-state index contributed by atoms with van der Waals surface area (Å²) in [5, 5.41) is 14.3. The molecule has 1 radical (unpaired) electrons. The molecule has 1 aliphatic heterocycles. The maximum atomic E-state index is 10.7. The first kappa shape index (κ1) is 20.6. The summed E-state index contributed by atoms with van der Waals surface area (Å²) in [6.07, 6.45) is 1.77. The minimum absolute atomic E-state index is 0. The van der Waals surface area contributed by atoms with Crippen LogP contribution in [-0.4, -0.2) is 73.3 Å². The normalized spacial score (nSPS) is 13.8. The van der Waals surface area contributed by atoms with Gasteiger partial charge in [-0.1, -0.05) is 54.6 Å². The smallest absolute Gasteiger partial charge is 0.222 e. The van der Waals surface area contributed by atoms with Gasteiger partial charge in [-0.15, -0.1) is 0 Å². The average Bonchev–Trinajstić information content (AvgIpc) is 3.19. The number of nitrogens with zero attached hydrogens (tertiary/aromatic N) is 4. The second-order valence-corrected chi connectivity index (χ2v) is 7.31. The molecule has 0 unspecified atom stereocenters. The molecule has 31 heavy (non-hydrogen) atoms. The van der Waals surface area contributed by atoms with Crippen LogP contribution in [0.1, 0.15) is 11.3 Å². The van der Waals surface area contributed by atoms with Crippen molar-refractivity contribution in [2.45, 2.75) is 5.66 Å². The van der Waals surface area contributed by atoms with E-state index in [9.17, 15) is 5.11 Å². The fourth-order valence-corrected chi connectivity index (χ4v) is 4.09. The molecule has 0 spiro atoms. The van der Waals surface area contributed by atoms with Crippen LogP contribution in [0.25, 0.3) is 21.8 Å². The van der Waals surface area contributed by atoms with Gasteiger partial charge in [-0.05, 0) is 30.3 Å². The number of aromatic nitrogens is 2. The minimum atomic E-state index is -1.15. The molecule has 6 heteroatoms. The Morgan fingerprint density at radius 3 is 2.03 bits per heavy atom. The Bertz CT molecular complexity index is 1550. The van der Waals surface area contributed by atoms with E-state index in [1.54, 1.807) is 18.3 Å². The van der Waals surface area contributed by atoms with Crippen molar-refractivity contribution >= 4 is 80.0 Å². The van der Waals surface area contributed by atoms with E-state index in [0.29, 0.717) is 11.3 Å². The molecule has 0 bridgehead atoms. The Balaban J connectivity index is 0.00000204. The largest absolute Gasteiger partial charge is 0.507 e. The topological polar surface area (TPSA) is 70.7 Å². The summed E-state index contributed by atoms with van der Waals surface area (Å²) in [6, 6.07) is 26.9. The van der Waals surface area contributed by atoms with Crippen LogP contribution in [0.5, 0.6) is 5.75 Å². The monoisotopic (exact) mass is 473 g/mol. The molecule has 0 saturated carbocycles. The predicted octanol–water partition coefficient (Wildman–Crippen LogP) is 3.26. The van der Waals surface area contributed by atoms with E-state index in [2.05, 4.69) is 4.98 Å². The van der Waals surface area contributed by atoms with E-state index < -0.39 is 5.66 Å². The summed E-state index contributed by atoms with van der Waals surface area (Å²) < 4.78 is 0. The number of rotatable bonds is 2. The Kier molecular flexibility index (Phi) is 5.30. The molecule has 143 valence electrons. The summed E-state index contributed by atoms with van der Waals surface area (Å²) in [6.45, 7) is 0. The van der Waals surface area contributed by atoms with E-state index >= 15 is 0 Å². The van der Waals surface area contributed by atoms with Crippen LogP contribution in [0.4, 0.5) is 0 Å². The molecule has 5 nitrogen and oxygen atoms in total. The van der Waals surface area contributed by atoms with Crippen LogP contribution in [0.2, 0.25) is 0 Å². The van der Waals surface area contributed by atoms with Crippen LogP contribution in [0.15, 0.2) is 101 Å². The molecule has 6 rings (SSSR count). The fraction of sp³-hybridized carbons (Fsp3) is 0.0400. The van der Waals surface area contributed by atoms with Gasteiger partial charge in [0.05, 0.1) is 27.4 Å². The summed E-state index contributed by atoms with van der Waals surface area (Å²) in [4.78, 5) is 19.5. The summed E-state index contributed by atoms with van der Waals surface area (Å²) in [7, 11) is 0. The van der Waals surface area contributed by atoms with Gasteiger partial charge in [-0.3, -0.25) is 4.98 Å².